The molecule has 37 heavy (non-hydrogen) atoms. The van der Waals surface area contributed by atoms with Crippen LogP contribution in [0.15, 0.2) is 72.3 Å². The first-order chi connectivity index (χ1) is 17.9. The molecule has 7 heteroatoms. The minimum atomic E-state index is -0.800. The van der Waals surface area contributed by atoms with Crippen molar-refractivity contribution in [3.8, 4) is 17.2 Å². The molecule has 1 amide bonds. The topological polar surface area (TPSA) is 85.3 Å². The molecule has 1 saturated heterocycles. The summed E-state index contributed by atoms with van der Waals surface area (Å²) in [6, 6.07) is 19.2. The largest absolute Gasteiger partial charge is 0.507 e. The Labute approximate surface area is 216 Å². The minimum absolute atomic E-state index is 0.00982. The molecule has 4 rings (SSSR count). The summed E-state index contributed by atoms with van der Waals surface area (Å²) in [7, 11) is 1.56. The molecule has 3 aromatic carbocycles. The van der Waals surface area contributed by atoms with Gasteiger partial charge in [0.25, 0.3) is 11.7 Å². The molecule has 0 radical (unpaired) electrons. The van der Waals surface area contributed by atoms with Gasteiger partial charge >= 0.3 is 0 Å². The van der Waals surface area contributed by atoms with Crippen molar-refractivity contribution >= 4 is 17.4 Å². The van der Waals surface area contributed by atoms with Crippen molar-refractivity contribution in [2.24, 2.45) is 0 Å². The fraction of sp³-hybridized carbons (Fsp3) is 0.267. The third-order valence-electron chi connectivity index (χ3n) is 6.25. The Morgan fingerprint density at radius 2 is 1.68 bits per heavy atom. The lowest BCUT2D eigenvalue weighted by Crippen LogP contribution is -2.29. The maximum absolute atomic E-state index is 13.5. The molecule has 1 heterocycles. The second kappa shape index (κ2) is 11.2. The zero-order chi connectivity index (χ0) is 26.5. The maximum atomic E-state index is 13.5. The molecule has 0 saturated carbocycles. The first-order valence-electron chi connectivity index (χ1n) is 12.3. The van der Waals surface area contributed by atoms with E-state index in [-0.39, 0.29) is 17.9 Å². The van der Waals surface area contributed by atoms with Crippen LogP contribution in [-0.2, 0) is 16.1 Å². The monoisotopic (exact) mass is 501 g/mol. The number of aliphatic hydroxyl groups excluding tert-OH is 1. The molecular weight excluding hydrogens is 470 g/mol. The van der Waals surface area contributed by atoms with Crippen LogP contribution in [-0.4, -0.2) is 42.0 Å². The Balaban J connectivity index is 1.89. The third-order valence-corrected chi connectivity index (χ3v) is 6.25. The second-order valence-electron chi connectivity index (χ2n) is 8.68. The highest BCUT2D eigenvalue weighted by Crippen LogP contribution is 2.43. The molecule has 7 nitrogen and oxygen atoms in total. The van der Waals surface area contributed by atoms with E-state index >= 15 is 0 Å². The molecule has 1 unspecified atom stereocenters. The van der Waals surface area contributed by atoms with E-state index in [1.165, 1.54) is 4.90 Å². The van der Waals surface area contributed by atoms with Crippen molar-refractivity contribution in [3.05, 3.63) is 94.6 Å². The van der Waals surface area contributed by atoms with Crippen molar-refractivity contribution in [3.63, 3.8) is 0 Å². The fourth-order valence-electron chi connectivity index (χ4n) is 4.62. The van der Waals surface area contributed by atoms with Crippen LogP contribution in [0.1, 0.15) is 42.1 Å². The average Bonchev–Trinajstić information content (AvgIpc) is 3.14. The van der Waals surface area contributed by atoms with E-state index in [1.54, 1.807) is 25.3 Å². The minimum Gasteiger partial charge on any atom is -0.507 e. The number of methoxy groups -OCH3 is 1. The summed E-state index contributed by atoms with van der Waals surface area (Å²) in [6.07, 6.45) is 0. The van der Waals surface area contributed by atoms with Gasteiger partial charge in [-0.1, -0.05) is 48.0 Å². The second-order valence-corrected chi connectivity index (χ2v) is 8.68. The lowest BCUT2D eigenvalue weighted by atomic mass is 9.94. The Morgan fingerprint density at radius 3 is 2.38 bits per heavy atom. The van der Waals surface area contributed by atoms with E-state index in [0.29, 0.717) is 36.0 Å². The van der Waals surface area contributed by atoms with Crippen LogP contribution >= 0.6 is 0 Å². The summed E-state index contributed by atoms with van der Waals surface area (Å²) in [5.41, 5.74) is 2.77. The third kappa shape index (κ3) is 5.16. The quantitative estimate of drug-likeness (QED) is 0.239. The van der Waals surface area contributed by atoms with Gasteiger partial charge in [-0.15, -0.1) is 0 Å². The Kier molecular flexibility index (Phi) is 7.82. The molecule has 0 spiro atoms. The number of aryl methyl sites for hydroxylation is 1. The SMILES string of the molecule is CCOc1ccc(/C(O)=C2/C(=O)C(=O)N(Cc3ccccc3OC)C2c2cccc(C)c2)c(OCC)c1. The molecule has 192 valence electrons. The molecule has 0 aromatic heterocycles. The molecule has 1 aliphatic heterocycles. The predicted octanol–water partition coefficient (Wildman–Crippen LogP) is 5.42. The average molecular weight is 502 g/mol. The first kappa shape index (κ1) is 25.8. The summed E-state index contributed by atoms with van der Waals surface area (Å²) in [6.45, 7) is 6.59. The highest BCUT2D eigenvalue weighted by atomic mass is 16.5. The number of ketones is 1. The number of hydrogen-bond donors (Lipinski definition) is 1. The van der Waals surface area contributed by atoms with Crippen LogP contribution in [0.25, 0.3) is 5.76 Å². The normalized spacial score (nSPS) is 16.6. The van der Waals surface area contributed by atoms with E-state index in [2.05, 4.69) is 0 Å². The molecule has 3 aromatic rings. The molecule has 0 aliphatic carbocycles. The van der Waals surface area contributed by atoms with Gasteiger partial charge in [-0.3, -0.25) is 9.59 Å². The predicted molar refractivity (Wildman–Crippen MR) is 141 cm³/mol. The zero-order valence-electron chi connectivity index (χ0n) is 21.5. The van der Waals surface area contributed by atoms with Gasteiger partial charge < -0.3 is 24.2 Å². The van der Waals surface area contributed by atoms with Crippen molar-refractivity contribution in [1.29, 1.82) is 0 Å². The molecule has 1 atom stereocenters. The zero-order valence-corrected chi connectivity index (χ0v) is 21.5. The number of likely N-dealkylation sites (tertiary alicyclic amines) is 1. The highest BCUT2D eigenvalue weighted by molar-refractivity contribution is 6.46. The van der Waals surface area contributed by atoms with E-state index in [4.69, 9.17) is 14.2 Å². The molecule has 0 bridgehead atoms. The van der Waals surface area contributed by atoms with Gasteiger partial charge in [-0.25, -0.2) is 0 Å². The summed E-state index contributed by atoms with van der Waals surface area (Å²) >= 11 is 0. The Bertz CT molecular complexity index is 1350. The number of ether oxygens (including phenoxy) is 3. The number of nitrogens with zero attached hydrogens (tertiary/aromatic N) is 1. The van der Waals surface area contributed by atoms with Crippen LogP contribution in [0.2, 0.25) is 0 Å². The van der Waals surface area contributed by atoms with E-state index in [9.17, 15) is 14.7 Å². The van der Waals surface area contributed by atoms with Gasteiger partial charge in [-0.05, 0) is 44.5 Å². The number of rotatable bonds is 9. The van der Waals surface area contributed by atoms with Gasteiger partial charge in [0, 0.05) is 11.6 Å². The number of carbonyl (C=O) groups excluding carboxylic acids is 2. The standard InChI is InChI=1S/C30H31NO6/c1-5-36-22-14-15-23(25(17-22)37-6-2)28(32)26-27(20-12-9-10-19(3)16-20)31(30(34)29(26)33)18-21-11-7-8-13-24(21)35-4/h7-17,27,32H,5-6,18H2,1-4H3/b28-26-. The smallest absolute Gasteiger partial charge is 0.295 e. The summed E-state index contributed by atoms with van der Waals surface area (Å²) in [5.74, 6) is -0.186. The lowest BCUT2D eigenvalue weighted by molar-refractivity contribution is -0.140. The van der Waals surface area contributed by atoms with Crippen molar-refractivity contribution in [1.82, 2.24) is 4.90 Å². The van der Waals surface area contributed by atoms with Crippen LogP contribution in [0, 0.1) is 6.92 Å². The van der Waals surface area contributed by atoms with E-state index < -0.39 is 17.7 Å². The van der Waals surface area contributed by atoms with E-state index in [0.717, 1.165) is 16.7 Å². The molecule has 1 aliphatic rings. The molecule has 1 fully saturated rings. The number of amides is 1. The first-order valence-corrected chi connectivity index (χ1v) is 12.3. The fourth-order valence-corrected chi connectivity index (χ4v) is 4.62. The number of aliphatic hydroxyl groups is 1. The Hall–Kier alpha value is -4.26. The van der Waals surface area contributed by atoms with Crippen LogP contribution in [0.4, 0.5) is 0 Å². The van der Waals surface area contributed by atoms with Gasteiger partial charge in [0.1, 0.15) is 23.0 Å². The van der Waals surface area contributed by atoms with Crippen LogP contribution < -0.4 is 14.2 Å². The molecule has 1 N–H and O–H groups in total. The van der Waals surface area contributed by atoms with Gasteiger partial charge in [-0.2, -0.15) is 0 Å². The maximum Gasteiger partial charge on any atom is 0.295 e. The number of carbonyl (C=O) groups is 2. The van der Waals surface area contributed by atoms with Crippen molar-refractivity contribution in [2.45, 2.75) is 33.4 Å². The Morgan fingerprint density at radius 1 is 0.919 bits per heavy atom. The van der Waals surface area contributed by atoms with E-state index in [1.807, 2.05) is 69.3 Å². The van der Waals surface area contributed by atoms with Gasteiger partial charge in [0.2, 0.25) is 0 Å². The molecular formula is C30H31NO6. The summed E-state index contributed by atoms with van der Waals surface area (Å²) < 4.78 is 16.8. The number of para-hydroxylation sites is 1. The summed E-state index contributed by atoms with van der Waals surface area (Å²) in [4.78, 5) is 28.4. The van der Waals surface area contributed by atoms with Crippen molar-refractivity contribution in [2.75, 3.05) is 20.3 Å². The van der Waals surface area contributed by atoms with Crippen LogP contribution in [0.3, 0.4) is 0 Å². The number of Topliss-reactive ketones (excluding diaryl/α,β-unsaturated/α-hetero) is 1. The summed E-state index contributed by atoms with van der Waals surface area (Å²) in [5, 5.41) is 11.6. The number of hydrogen-bond acceptors (Lipinski definition) is 6. The van der Waals surface area contributed by atoms with Gasteiger partial charge in [0.05, 0.1) is 44.0 Å². The van der Waals surface area contributed by atoms with Crippen molar-refractivity contribution < 1.29 is 28.9 Å². The highest BCUT2D eigenvalue weighted by Gasteiger charge is 2.46. The van der Waals surface area contributed by atoms with Crippen LogP contribution in [0.5, 0.6) is 17.2 Å². The lowest BCUT2D eigenvalue weighted by Gasteiger charge is -2.26. The number of benzene rings is 3. The van der Waals surface area contributed by atoms with Gasteiger partial charge in [0.15, 0.2) is 0 Å².